The molecule has 154 valence electrons. The Bertz CT molecular complexity index is 903. The monoisotopic (exact) mass is 394 g/mol. The highest BCUT2D eigenvalue weighted by Gasteiger charge is 2.39. The molecule has 29 heavy (non-hydrogen) atoms. The van der Waals surface area contributed by atoms with Crippen LogP contribution in [0.1, 0.15) is 55.5 Å². The third-order valence-corrected chi connectivity index (χ3v) is 5.28. The number of benzene rings is 2. The van der Waals surface area contributed by atoms with Gasteiger partial charge in [0.15, 0.2) is 0 Å². The van der Waals surface area contributed by atoms with E-state index in [0.717, 1.165) is 40.1 Å². The minimum Gasteiger partial charge on any atom is -0.494 e. The van der Waals surface area contributed by atoms with Gasteiger partial charge in [-0.1, -0.05) is 38.1 Å². The Morgan fingerprint density at radius 1 is 1.10 bits per heavy atom. The molecular formula is C24H30N2O3. The molecule has 1 N–H and O–H groups in total. The molecule has 5 nitrogen and oxygen atoms in total. The highest BCUT2D eigenvalue weighted by Crippen LogP contribution is 2.41. The SMILES string of the molecule is CC(=O)N[C@@H]1C(=O)N(Cc2ccc(OCCC(C)C)cc2)c2c(C)ccc(C)c21. The first kappa shape index (κ1) is 20.9. The fraction of sp³-hybridized carbons (Fsp3) is 0.417. The summed E-state index contributed by atoms with van der Waals surface area (Å²) < 4.78 is 5.79. The Balaban J connectivity index is 1.82. The maximum atomic E-state index is 13.2. The second-order valence-electron chi connectivity index (χ2n) is 8.19. The van der Waals surface area contributed by atoms with Gasteiger partial charge in [0.2, 0.25) is 5.91 Å². The molecule has 1 heterocycles. The van der Waals surface area contributed by atoms with E-state index >= 15 is 0 Å². The van der Waals surface area contributed by atoms with Gasteiger partial charge in [-0.15, -0.1) is 0 Å². The van der Waals surface area contributed by atoms with E-state index in [1.54, 1.807) is 4.90 Å². The number of carbonyl (C=O) groups excluding carboxylic acids is 2. The minimum atomic E-state index is -0.624. The van der Waals surface area contributed by atoms with Crippen LogP contribution in [0.2, 0.25) is 0 Å². The largest absolute Gasteiger partial charge is 0.494 e. The summed E-state index contributed by atoms with van der Waals surface area (Å²) in [6, 6.07) is 11.3. The van der Waals surface area contributed by atoms with Gasteiger partial charge < -0.3 is 15.0 Å². The molecule has 3 rings (SSSR count). The summed E-state index contributed by atoms with van der Waals surface area (Å²) in [6.07, 6.45) is 1.02. The van der Waals surface area contributed by atoms with Crippen LogP contribution in [-0.4, -0.2) is 18.4 Å². The number of fused-ring (bicyclic) bond motifs is 1. The number of carbonyl (C=O) groups is 2. The van der Waals surface area contributed by atoms with Crippen LogP contribution in [0.5, 0.6) is 5.75 Å². The number of amides is 2. The average Bonchev–Trinajstić information content (AvgIpc) is 2.92. The van der Waals surface area contributed by atoms with Crippen LogP contribution >= 0.6 is 0 Å². The molecule has 0 unspecified atom stereocenters. The Kier molecular flexibility index (Phi) is 6.26. The summed E-state index contributed by atoms with van der Waals surface area (Å²) in [7, 11) is 0. The van der Waals surface area contributed by atoms with E-state index in [9.17, 15) is 9.59 Å². The molecule has 0 spiro atoms. The molecule has 0 saturated heterocycles. The lowest BCUT2D eigenvalue weighted by Crippen LogP contribution is -2.36. The lowest BCUT2D eigenvalue weighted by Gasteiger charge is -2.20. The first-order chi connectivity index (χ1) is 13.8. The highest BCUT2D eigenvalue weighted by atomic mass is 16.5. The van der Waals surface area contributed by atoms with Crippen molar-refractivity contribution in [3.63, 3.8) is 0 Å². The van der Waals surface area contributed by atoms with Gasteiger partial charge in [0.05, 0.1) is 18.8 Å². The molecule has 0 radical (unpaired) electrons. The number of ether oxygens (including phenoxy) is 1. The van der Waals surface area contributed by atoms with Crippen molar-refractivity contribution >= 4 is 17.5 Å². The number of anilines is 1. The third-order valence-electron chi connectivity index (χ3n) is 5.28. The van der Waals surface area contributed by atoms with E-state index in [1.165, 1.54) is 6.92 Å². The van der Waals surface area contributed by atoms with E-state index < -0.39 is 6.04 Å². The van der Waals surface area contributed by atoms with E-state index in [1.807, 2.05) is 50.2 Å². The minimum absolute atomic E-state index is 0.0927. The fourth-order valence-electron chi connectivity index (χ4n) is 3.71. The zero-order valence-corrected chi connectivity index (χ0v) is 17.9. The van der Waals surface area contributed by atoms with Gasteiger partial charge in [-0.3, -0.25) is 9.59 Å². The molecule has 1 aliphatic heterocycles. The highest BCUT2D eigenvalue weighted by molar-refractivity contribution is 6.07. The lowest BCUT2D eigenvalue weighted by atomic mass is 9.99. The second kappa shape index (κ2) is 8.68. The van der Waals surface area contributed by atoms with E-state index in [0.29, 0.717) is 19.1 Å². The molecule has 2 aromatic carbocycles. The fourth-order valence-corrected chi connectivity index (χ4v) is 3.71. The Morgan fingerprint density at radius 3 is 2.38 bits per heavy atom. The van der Waals surface area contributed by atoms with Crippen molar-refractivity contribution in [3.05, 3.63) is 58.7 Å². The predicted octanol–water partition coefficient (Wildman–Crippen LogP) is 4.45. The first-order valence-corrected chi connectivity index (χ1v) is 10.2. The summed E-state index contributed by atoms with van der Waals surface area (Å²) >= 11 is 0. The van der Waals surface area contributed by atoms with Gasteiger partial charge in [0.25, 0.3) is 5.91 Å². The van der Waals surface area contributed by atoms with Crippen LogP contribution in [0.15, 0.2) is 36.4 Å². The van der Waals surface area contributed by atoms with Gasteiger partial charge in [0.1, 0.15) is 11.8 Å². The van der Waals surface area contributed by atoms with Crippen molar-refractivity contribution in [1.82, 2.24) is 5.32 Å². The summed E-state index contributed by atoms with van der Waals surface area (Å²) in [4.78, 5) is 26.6. The van der Waals surface area contributed by atoms with Crippen molar-refractivity contribution < 1.29 is 14.3 Å². The number of hydrogen-bond donors (Lipinski definition) is 1. The van der Waals surface area contributed by atoms with Gasteiger partial charge in [-0.25, -0.2) is 0 Å². The molecule has 0 fully saturated rings. The second-order valence-corrected chi connectivity index (χ2v) is 8.19. The Hall–Kier alpha value is -2.82. The predicted molar refractivity (Wildman–Crippen MR) is 115 cm³/mol. The van der Waals surface area contributed by atoms with Crippen LogP contribution in [0.25, 0.3) is 0 Å². The third kappa shape index (κ3) is 4.61. The van der Waals surface area contributed by atoms with Crippen LogP contribution in [0.3, 0.4) is 0 Å². The van der Waals surface area contributed by atoms with Crippen molar-refractivity contribution in [2.24, 2.45) is 5.92 Å². The number of rotatable bonds is 7. The zero-order valence-electron chi connectivity index (χ0n) is 17.9. The van der Waals surface area contributed by atoms with Crippen molar-refractivity contribution in [2.75, 3.05) is 11.5 Å². The van der Waals surface area contributed by atoms with Crippen LogP contribution < -0.4 is 15.0 Å². The molecule has 1 atom stereocenters. The molecule has 0 aliphatic carbocycles. The zero-order chi connectivity index (χ0) is 21.1. The van der Waals surface area contributed by atoms with E-state index in [4.69, 9.17) is 4.74 Å². The summed E-state index contributed by atoms with van der Waals surface area (Å²) in [5.74, 6) is 1.15. The standard InChI is InChI=1S/C24H30N2O3/c1-15(2)12-13-29-20-10-8-19(9-11-20)14-26-23-17(4)7-6-16(3)21(23)22(24(26)28)25-18(5)27/h6-11,15,22H,12-14H2,1-5H3,(H,25,27)/t22-/m0/s1. The topological polar surface area (TPSA) is 58.6 Å². The molecular weight excluding hydrogens is 364 g/mol. The van der Waals surface area contributed by atoms with Gasteiger partial charge in [-0.05, 0) is 55.0 Å². The summed E-state index contributed by atoms with van der Waals surface area (Å²) in [5.41, 5.74) is 4.87. The Morgan fingerprint density at radius 2 is 1.76 bits per heavy atom. The van der Waals surface area contributed by atoms with Gasteiger partial charge in [0, 0.05) is 12.5 Å². The lowest BCUT2D eigenvalue weighted by molar-refractivity contribution is -0.126. The van der Waals surface area contributed by atoms with Crippen LogP contribution in [0.4, 0.5) is 5.69 Å². The smallest absolute Gasteiger partial charge is 0.254 e. The maximum absolute atomic E-state index is 13.2. The van der Waals surface area contributed by atoms with Gasteiger partial charge in [-0.2, -0.15) is 0 Å². The normalized spacial score (nSPS) is 15.6. The molecule has 5 heteroatoms. The number of hydrogen-bond acceptors (Lipinski definition) is 3. The van der Waals surface area contributed by atoms with E-state index in [-0.39, 0.29) is 11.8 Å². The number of nitrogens with zero attached hydrogens (tertiary/aromatic N) is 1. The number of nitrogens with one attached hydrogen (secondary N) is 1. The molecule has 0 saturated carbocycles. The average molecular weight is 395 g/mol. The molecule has 1 aliphatic rings. The molecule has 0 aromatic heterocycles. The van der Waals surface area contributed by atoms with Crippen LogP contribution in [-0.2, 0) is 16.1 Å². The summed E-state index contributed by atoms with van der Waals surface area (Å²) in [6.45, 7) is 10.9. The van der Waals surface area contributed by atoms with Crippen molar-refractivity contribution in [2.45, 2.75) is 53.6 Å². The quantitative estimate of drug-likeness (QED) is 0.755. The van der Waals surface area contributed by atoms with Crippen molar-refractivity contribution in [1.29, 1.82) is 0 Å². The summed E-state index contributed by atoms with van der Waals surface area (Å²) in [5, 5.41) is 2.82. The van der Waals surface area contributed by atoms with E-state index in [2.05, 4.69) is 19.2 Å². The molecule has 2 aromatic rings. The molecule has 0 bridgehead atoms. The van der Waals surface area contributed by atoms with Gasteiger partial charge >= 0.3 is 0 Å². The van der Waals surface area contributed by atoms with Crippen LogP contribution in [0, 0.1) is 19.8 Å². The maximum Gasteiger partial charge on any atom is 0.254 e. The Labute approximate surface area is 173 Å². The number of aryl methyl sites for hydroxylation is 2. The molecule has 2 amide bonds. The first-order valence-electron chi connectivity index (χ1n) is 10.2. The van der Waals surface area contributed by atoms with Crippen molar-refractivity contribution in [3.8, 4) is 5.75 Å².